The lowest BCUT2D eigenvalue weighted by molar-refractivity contribution is -0.113. The Bertz CT molecular complexity index is 1060. The molecule has 0 aliphatic carbocycles. The van der Waals surface area contributed by atoms with Gasteiger partial charge in [-0.2, -0.15) is 0 Å². The second kappa shape index (κ2) is 8.25. The van der Waals surface area contributed by atoms with Crippen molar-refractivity contribution in [2.75, 3.05) is 11.1 Å². The molecule has 4 rings (SSSR count). The predicted molar refractivity (Wildman–Crippen MR) is 119 cm³/mol. The van der Waals surface area contributed by atoms with Crippen molar-refractivity contribution in [2.24, 2.45) is 0 Å². The Morgan fingerprint density at radius 3 is 2.56 bits per heavy atom. The SMILES string of the molecule is O=C(CSc1ccc(Br)cc1)Nc1ccccc1-c1nc2ccccc2s1. The molecule has 0 saturated heterocycles. The number of nitrogens with zero attached hydrogens (tertiary/aromatic N) is 1. The molecule has 0 bridgehead atoms. The molecule has 0 fully saturated rings. The third-order valence-corrected chi connectivity index (χ3v) is 6.52. The first-order valence-corrected chi connectivity index (χ1v) is 10.9. The minimum atomic E-state index is -0.0310. The molecule has 134 valence electrons. The Balaban J connectivity index is 1.50. The number of fused-ring (bicyclic) bond motifs is 1. The van der Waals surface area contributed by atoms with Gasteiger partial charge >= 0.3 is 0 Å². The summed E-state index contributed by atoms with van der Waals surface area (Å²) in [6.45, 7) is 0. The van der Waals surface area contributed by atoms with Gasteiger partial charge in [0.2, 0.25) is 5.91 Å². The maximum Gasteiger partial charge on any atom is 0.234 e. The summed E-state index contributed by atoms with van der Waals surface area (Å²) < 4.78 is 2.17. The van der Waals surface area contributed by atoms with E-state index in [9.17, 15) is 4.79 Å². The van der Waals surface area contributed by atoms with Crippen LogP contribution in [-0.2, 0) is 4.79 Å². The summed E-state index contributed by atoms with van der Waals surface area (Å²) in [5.74, 6) is 0.326. The van der Waals surface area contributed by atoms with Gasteiger partial charge in [-0.3, -0.25) is 4.79 Å². The topological polar surface area (TPSA) is 42.0 Å². The fraction of sp³-hybridized carbons (Fsp3) is 0.0476. The van der Waals surface area contributed by atoms with Crippen LogP contribution in [0.1, 0.15) is 0 Å². The summed E-state index contributed by atoms with van der Waals surface area (Å²) in [6, 6.07) is 23.8. The maximum atomic E-state index is 12.5. The highest BCUT2D eigenvalue weighted by Crippen LogP contribution is 2.34. The van der Waals surface area contributed by atoms with Crippen molar-refractivity contribution in [3.05, 3.63) is 77.3 Å². The zero-order valence-electron chi connectivity index (χ0n) is 14.2. The number of amides is 1. The molecule has 0 aliphatic rings. The standard InChI is InChI=1S/C21H15BrN2OS2/c22-14-9-11-15(12-10-14)26-13-20(25)23-17-6-2-1-5-16(17)21-24-18-7-3-4-8-19(18)27-21/h1-12H,13H2,(H,23,25). The van der Waals surface area contributed by atoms with Crippen molar-refractivity contribution >= 4 is 60.8 Å². The van der Waals surface area contributed by atoms with Gasteiger partial charge in [0.15, 0.2) is 0 Å². The maximum absolute atomic E-state index is 12.5. The molecule has 27 heavy (non-hydrogen) atoms. The van der Waals surface area contributed by atoms with E-state index < -0.39 is 0 Å². The Morgan fingerprint density at radius 1 is 1.00 bits per heavy atom. The molecule has 3 nitrogen and oxygen atoms in total. The lowest BCUT2D eigenvalue weighted by atomic mass is 10.2. The molecule has 0 atom stereocenters. The number of carbonyl (C=O) groups is 1. The van der Waals surface area contributed by atoms with Gasteiger partial charge in [-0.15, -0.1) is 23.1 Å². The van der Waals surface area contributed by atoms with E-state index in [1.807, 2.05) is 66.7 Å². The van der Waals surface area contributed by atoms with Gasteiger partial charge in [-0.25, -0.2) is 4.98 Å². The number of thioether (sulfide) groups is 1. The molecule has 3 aromatic carbocycles. The third-order valence-electron chi connectivity index (χ3n) is 3.91. The molecule has 0 saturated carbocycles. The monoisotopic (exact) mass is 454 g/mol. The average Bonchev–Trinajstić information content (AvgIpc) is 3.12. The number of nitrogens with one attached hydrogen (secondary N) is 1. The molecule has 1 aromatic heterocycles. The van der Waals surface area contributed by atoms with Crippen LogP contribution < -0.4 is 5.32 Å². The van der Waals surface area contributed by atoms with Gasteiger partial charge in [0, 0.05) is 14.9 Å². The second-order valence-electron chi connectivity index (χ2n) is 5.82. The van der Waals surface area contributed by atoms with Gasteiger partial charge in [0.1, 0.15) is 5.01 Å². The second-order valence-corrected chi connectivity index (χ2v) is 8.82. The number of thiazole rings is 1. The van der Waals surface area contributed by atoms with E-state index >= 15 is 0 Å². The number of hydrogen-bond donors (Lipinski definition) is 1. The molecule has 0 spiro atoms. The average molecular weight is 455 g/mol. The largest absolute Gasteiger partial charge is 0.325 e. The van der Waals surface area contributed by atoms with Gasteiger partial charge in [0.05, 0.1) is 21.7 Å². The van der Waals surface area contributed by atoms with Crippen LogP contribution in [0.2, 0.25) is 0 Å². The fourth-order valence-electron chi connectivity index (χ4n) is 2.63. The first-order chi connectivity index (χ1) is 13.2. The summed E-state index contributed by atoms with van der Waals surface area (Å²) in [4.78, 5) is 18.2. The van der Waals surface area contributed by atoms with Gasteiger partial charge in [-0.1, -0.05) is 40.2 Å². The first-order valence-electron chi connectivity index (χ1n) is 8.32. The molecular formula is C21H15BrN2OS2. The highest BCUT2D eigenvalue weighted by molar-refractivity contribution is 9.10. The van der Waals surface area contributed by atoms with Crippen LogP contribution in [0.15, 0.2) is 82.2 Å². The molecule has 4 aromatic rings. The predicted octanol–water partition coefficient (Wildman–Crippen LogP) is 6.46. The lowest BCUT2D eigenvalue weighted by Gasteiger charge is -2.09. The zero-order chi connectivity index (χ0) is 18.6. The molecular weight excluding hydrogens is 440 g/mol. The van der Waals surface area contributed by atoms with E-state index in [0.29, 0.717) is 5.75 Å². The highest BCUT2D eigenvalue weighted by atomic mass is 79.9. The Hall–Kier alpha value is -2.15. The van der Waals surface area contributed by atoms with Crippen LogP contribution in [0, 0.1) is 0 Å². The minimum absolute atomic E-state index is 0.0310. The fourth-order valence-corrected chi connectivity index (χ4v) is 4.60. The Labute approximate surface area is 174 Å². The molecule has 1 N–H and O–H groups in total. The summed E-state index contributed by atoms with van der Waals surface area (Å²) in [6.07, 6.45) is 0. The third kappa shape index (κ3) is 4.40. The minimum Gasteiger partial charge on any atom is -0.325 e. The van der Waals surface area contributed by atoms with Crippen molar-refractivity contribution in [2.45, 2.75) is 4.90 Å². The Kier molecular flexibility index (Phi) is 5.57. The molecule has 6 heteroatoms. The van der Waals surface area contributed by atoms with Gasteiger partial charge in [0.25, 0.3) is 0 Å². The number of para-hydroxylation sites is 2. The van der Waals surface area contributed by atoms with Crippen LogP contribution in [0.4, 0.5) is 5.69 Å². The number of aromatic nitrogens is 1. The Morgan fingerprint density at radius 2 is 1.74 bits per heavy atom. The smallest absolute Gasteiger partial charge is 0.234 e. The van der Waals surface area contributed by atoms with Crippen molar-refractivity contribution in [3.63, 3.8) is 0 Å². The summed E-state index contributed by atoms with van der Waals surface area (Å²) >= 11 is 6.57. The van der Waals surface area contributed by atoms with E-state index in [4.69, 9.17) is 4.98 Å². The van der Waals surface area contributed by atoms with E-state index in [1.54, 1.807) is 11.3 Å². The zero-order valence-corrected chi connectivity index (χ0v) is 17.4. The first kappa shape index (κ1) is 18.2. The molecule has 0 radical (unpaired) electrons. The van der Waals surface area contributed by atoms with Crippen LogP contribution >= 0.6 is 39.0 Å². The van der Waals surface area contributed by atoms with Crippen molar-refractivity contribution in [1.82, 2.24) is 4.98 Å². The van der Waals surface area contributed by atoms with Crippen LogP contribution in [0.25, 0.3) is 20.8 Å². The van der Waals surface area contributed by atoms with Crippen molar-refractivity contribution < 1.29 is 4.79 Å². The van der Waals surface area contributed by atoms with Crippen molar-refractivity contribution in [1.29, 1.82) is 0 Å². The van der Waals surface area contributed by atoms with E-state index in [1.165, 1.54) is 11.8 Å². The van der Waals surface area contributed by atoms with Crippen LogP contribution in [0.3, 0.4) is 0 Å². The van der Waals surface area contributed by atoms with E-state index in [0.717, 1.165) is 35.8 Å². The number of carbonyl (C=O) groups excluding carboxylic acids is 1. The lowest BCUT2D eigenvalue weighted by Crippen LogP contribution is -2.14. The van der Waals surface area contributed by atoms with Crippen LogP contribution in [0.5, 0.6) is 0 Å². The van der Waals surface area contributed by atoms with Gasteiger partial charge in [-0.05, 0) is 48.5 Å². The van der Waals surface area contributed by atoms with E-state index in [-0.39, 0.29) is 5.91 Å². The molecule has 0 unspecified atom stereocenters. The number of benzene rings is 3. The van der Waals surface area contributed by atoms with E-state index in [2.05, 4.69) is 27.3 Å². The molecule has 1 amide bonds. The molecule has 0 aliphatic heterocycles. The summed E-state index contributed by atoms with van der Waals surface area (Å²) in [5, 5.41) is 3.94. The number of hydrogen-bond acceptors (Lipinski definition) is 4. The summed E-state index contributed by atoms with van der Waals surface area (Å²) in [7, 11) is 0. The number of rotatable bonds is 5. The highest BCUT2D eigenvalue weighted by Gasteiger charge is 2.12. The summed E-state index contributed by atoms with van der Waals surface area (Å²) in [5.41, 5.74) is 2.71. The molecule has 1 heterocycles. The van der Waals surface area contributed by atoms with Crippen LogP contribution in [-0.4, -0.2) is 16.6 Å². The van der Waals surface area contributed by atoms with Gasteiger partial charge < -0.3 is 5.32 Å². The van der Waals surface area contributed by atoms with Crippen molar-refractivity contribution in [3.8, 4) is 10.6 Å². The normalized spacial score (nSPS) is 10.9. The number of halogens is 1. The number of anilines is 1. The quantitative estimate of drug-likeness (QED) is 0.352.